The van der Waals surface area contributed by atoms with Crippen LogP contribution in [0.4, 0.5) is 10.7 Å². The molecule has 2 amide bonds. The average Bonchev–Trinajstić information content (AvgIpc) is 3.20. The molecule has 4 rings (SSSR count). The molecule has 1 heterocycles. The summed E-state index contributed by atoms with van der Waals surface area (Å²) in [6.45, 7) is 2.65. The van der Waals surface area contributed by atoms with Gasteiger partial charge in [-0.1, -0.05) is 30.3 Å². The molecule has 0 aliphatic heterocycles. The van der Waals surface area contributed by atoms with Crippen LogP contribution in [0.1, 0.15) is 12.5 Å². The van der Waals surface area contributed by atoms with Gasteiger partial charge in [0.2, 0.25) is 5.95 Å². The summed E-state index contributed by atoms with van der Waals surface area (Å²) < 4.78 is 36.4. The normalized spacial score (nSPS) is 11.2. The molecule has 0 bridgehead atoms. The average molecular weight is 467 g/mol. The van der Waals surface area contributed by atoms with Gasteiger partial charge < -0.3 is 19.2 Å². The van der Waals surface area contributed by atoms with Crippen LogP contribution in [-0.2, 0) is 16.7 Å². The van der Waals surface area contributed by atoms with E-state index in [0.29, 0.717) is 29.9 Å². The second kappa shape index (κ2) is 9.61. The predicted molar refractivity (Wildman–Crippen MR) is 124 cm³/mol. The van der Waals surface area contributed by atoms with Crippen molar-refractivity contribution in [3.63, 3.8) is 0 Å². The lowest BCUT2D eigenvalue weighted by molar-refractivity contribution is 0.252. The fourth-order valence-corrected chi connectivity index (χ4v) is 3.95. The number of ether oxygens (including phenoxy) is 1. The Morgan fingerprint density at radius 3 is 2.45 bits per heavy atom. The van der Waals surface area contributed by atoms with Gasteiger partial charge >= 0.3 is 16.1 Å². The summed E-state index contributed by atoms with van der Waals surface area (Å²) in [5.41, 5.74) is 2.07. The number of nitrogens with one attached hydrogen (secondary N) is 3. The van der Waals surface area contributed by atoms with Crippen molar-refractivity contribution in [2.24, 2.45) is 0 Å². The van der Waals surface area contributed by atoms with Gasteiger partial charge in [-0.2, -0.15) is 8.42 Å². The number of hydrogen-bond acceptors (Lipinski definition) is 6. The molecule has 0 spiro atoms. The van der Waals surface area contributed by atoms with E-state index in [1.165, 1.54) is 24.3 Å². The topological polar surface area (TPSA) is 122 Å². The largest absolute Gasteiger partial charge is 0.489 e. The van der Waals surface area contributed by atoms with Gasteiger partial charge in [0, 0.05) is 12.6 Å². The van der Waals surface area contributed by atoms with Crippen molar-refractivity contribution in [3.05, 3.63) is 78.4 Å². The molecule has 3 aromatic carbocycles. The molecule has 1 aromatic heterocycles. The van der Waals surface area contributed by atoms with Crippen molar-refractivity contribution in [1.29, 1.82) is 0 Å². The van der Waals surface area contributed by atoms with E-state index in [9.17, 15) is 13.2 Å². The third-order valence-corrected chi connectivity index (χ3v) is 5.85. The first-order valence-corrected chi connectivity index (χ1v) is 11.6. The van der Waals surface area contributed by atoms with Crippen LogP contribution in [0.5, 0.6) is 11.5 Å². The van der Waals surface area contributed by atoms with E-state index in [2.05, 4.69) is 20.6 Å². The van der Waals surface area contributed by atoms with Crippen LogP contribution in [-0.4, -0.2) is 31.0 Å². The number of urea groups is 1. The SMILES string of the molecule is CCNC(=O)Nc1nc2cc(OS(=O)(=O)c3ccc(OCc4ccccc4)cc3)ccc2[nH]1. The fourth-order valence-electron chi connectivity index (χ4n) is 3.03. The summed E-state index contributed by atoms with van der Waals surface area (Å²) in [4.78, 5) is 18.8. The molecule has 33 heavy (non-hydrogen) atoms. The van der Waals surface area contributed by atoms with Gasteiger partial charge in [-0.3, -0.25) is 5.32 Å². The Morgan fingerprint density at radius 2 is 1.73 bits per heavy atom. The maximum atomic E-state index is 12.7. The number of imidazole rings is 1. The molecule has 4 aromatic rings. The van der Waals surface area contributed by atoms with Gasteiger partial charge in [-0.25, -0.2) is 9.78 Å². The van der Waals surface area contributed by atoms with Crippen LogP contribution >= 0.6 is 0 Å². The summed E-state index contributed by atoms with van der Waals surface area (Å²) in [6.07, 6.45) is 0. The first-order valence-electron chi connectivity index (χ1n) is 10.2. The maximum absolute atomic E-state index is 12.7. The summed E-state index contributed by atoms with van der Waals surface area (Å²) in [7, 11) is -4.06. The van der Waals surface area contributed by atoms with Crippen molar-refractivity contribution in [3.8, 4) is 11.5 Å². The Morgan fingerprint density at radius 1 is 1.00 bits per heavy atom. The van der Waals surface area contributed by atoms with Gasteiger partial charge in [-0.05, 0) is 48.9 Å². The molecule has 9 nitrogen and oxygen atoms in total. The lowest BCUT2D eigenvalue weighted by atomic mass is 10.2. The van der Waals surface area contributed by atoms with Crippen LogP contribution < -0.4 is 19.6 Å². The van der Waals surface area contributed by atoms with E-state index in [4.69, 9.17) is 8.92 Å². The highest BCUT2D eigenvalue weighted by Gasteiger charge is 2.18. The number of carbonyl (C=O) groups is 1. The molecule has 10 heteroatoms. The number of benzene rings is 3. The number of aromatic amines is 1. The summed E-state index contributed by atoms with van der Waals surface area (Å²) in [6, 6.07) is 19.9. The number of H-pyrrole nitrogens is 1. The molecule has 3 N–H and O–H groups in total. The quantitative estimate of drug-likeness (QED) is 0.337. The third kappa shape index (κ3) is 5.60. The van der Waals surface area contributed by atoms with Crippen LogP contribution in [0.15, 0.2) is 77.7 Å². The van der Waals surface area contributed by atoms with Crippen LogP contribution in [0.3, 0.4) is 0 Å². The molecule has 0 saturated heterocycles. The van der Waals surface area contributed by atoms with Crippen LogP contribution in [0.2, 0.25) is 0 Å². The van der Waals surface area contributed by atoms with Gasteiger partial charge in [-0.15, -0.1) is 0 Å². The minimum atomic E-state index is -4.06. The molecule has 0 atom stereocenters. The minimum absolute atomic E-state index is 0.00437. The smallest absolute Gasteiger partial charge is 0.339 e. The van der Waals surface area contributed by atoms with E-state index in [1.54, 1.807) is 25.1 Å². The fraction of sp³-hybridized carbons (Fsp3) is 0.130. The first-order chi connectivity index (χ1) is 15.9. The number of fused-ring (bicyclic) bond motifs is 1. The van der Waals surface area contributed by atoms with E-state index < -0.39 is 16.1 Å². The van der Waals surface area contributed by atoms with Crippen molar-refractivity contribution in [2.45, 2.75) is 18.4 Å². The van der Waals surface area contributed by atoms with E-state index in [0.717, 1.165) is 5.56 Å². The molecular weight excluding hydrogens is 444 g/mol. The molecule has 0 unspecified atom stereocenters. The second-order valence-corrected chi connectivity index (χ2v) is 8.58. The second-order valence-electron chi connectivity index (χ2n) is 7.03. The number of anilines is 1. The number of rotatable bonds is 8. The van der Waals surface area contributed by atoms with Gasteiger partial charge in [0.05, 0.1) is 11.0 Å². The Balaban J connectivity index is 1.43. The standard InChI is InChI=1S/C23H22N4O5S/c1-2-24-23(28)27-22-25-20-13-10-18(14-21(20)26-22)32-33(29,30)19-11-8-17(9-12-19)31-15-16-6-4-3-5-7-16/h3-14H,2,15H2,1H3,(H3,24,25,26,27,28). The van der Waals surface area contributed by atoms with Crippen molar-refractivity contribution in [2.75, 3.05) is 11.9 Å². The zero-order valence-corrected chi connectivity index (χ0v) is 18.6. The predicted octanol–water partition coefficient (Wildman–Crippen LogP) is 4.05. The number of carbonyl (C=O) groups excluding carboxylic acids is 1. The first kappa shape index (κ1) is 22.2. The monoisotopic (exact) mass is 466 g/mol. The zero-order chi connectivity index (χ0) is 23.3. The van der Waals surface area contributed by atoms with Crippen molar-refractivity contribution >= 4 is 33.1 Å². The van der Waals surface area contributed by atoms with E-state index in [-0.39, 0.29) is 16.6 Å². The highest BCUT2D eigenvalue weighted by Crippen LogP contribution is 2.25. The molecule has 0 aliphatic carbocycles. The molecule has 170 valence electrons. The third-order valence-electron chi connectivity index (χ3n) is 4.59. The van der Waals surface area contributed by atoms with Crippen LogP contribution in [0, 0.1) is 0 Å². The van der Waals surface area contributed by atoms with Gasteiger partial charge in [0.1, 0.15) is 23.0 Å². The van der Waals surface area contributed by atoms with Gasteiger partial charge in [0.25, 0.3) is 0 Å². The molecule has 0 radical (unpaired) electrons. The summed E-state index contributed by atoms with van der Waals surface area (Å²) in [5.74, 6) is 0.882. The highest BCUT2D eigenvalue weighted by molar-refractivity contribution is 7.87. The summed E-state index contributed by atoms with van der Waals surface area (Å²) >= 11 is 0. The number of amides is 2. The van der Waals surface area contributed by atoms with Crippen LogP contribution in [0.25, 0.3) is 11.0 Å². The Kier molecular flexibility index (Phi) is 6.45. The number of hydrogen-bond donors (Lipinski definition) is 3. The minimum Gasteiger partial charge on any atom is -0.489 e. The molecule has 0 fully saturated rings. The van der Waals surface area contributed by atoms with Gasteiger partial charge in [0.15, 0.2) is 0 Å². The molecule has 0 saturated carbocycles. The van der Waals surface area contributed by atoms with Crippen molar-refractivity contribution < 1.29 is 22.1 Å². The summed E-state index contributed by atoms with van der Waals surface area (Å²) in [5, 5.41) is 5.16. The molecular formula is C23H22N4O5S. The number of nitrogens with zero attached hydrogens (tertiary/aromatic N) is 1. The lowest BCUT2D eigenvalue weighted by Crippen LogP contribution is -2.28. The highest BCUT2D eigenvalue weighted by atomic mass is 32.2. The van der Waals surface area contributed by atoms with Crippen molar-refractivity contribution in [1.82, 2.24) is 15.3 Å². The number of aromatic nitrogens is 2. The van der Waals surface area contributed by atoms with E-state index >= 15 is 0 Å². The Bertz CT molecular complexity index is 1350. The zero-order valence-electron chi connectivity index (χ0n) is 17.7. The Hall–Kier alpha value is -4.05. The molecule has 0 aliphatic rings. The Labute approximate surface area is 190 Å². The van der Waals surface area contributed by atoms with E-state index in [1.807, 2.05) is 30.3 Å². The lowest BCUT2D eigenvalue weighted by Gasteiger charge is -2.09. The maximum Gasteiger partial charge on any atom is 0.339 e.